The van der Waals surface area contributed by atoms with E-state index in [4.69, 9.17) is 0 Å². The molecule has 2 N–H and O–H groups in total. The van der Waals surface area contributed by atoms with E-state index >= 15 is 0 Å². The number of nitrogens with one attached hydrogen (secondary N) is 2. The molecule has 0 bridgehead atoms. The molecule has 1 aromatic heterocycles. The predicted molar refractivity (Wildman–Crippen MR) is 104 cm³/mol. The Morgan fingerprint density at radius 1 is 1.30 bits per heavy atom. The van der Waals surface area contributed by atoms with Gasteiger partial charge in [-0.05, 0) is 57.1 Å². The van der Waals surface area contributed by atoms with Crippen LogP contribution in [0.25, 0.3) is 11.3 Å². The molecule has 1 aliphatic heterocycles. The molecule has 6 nitrogen and oxygen atoms in total. The Hall–Kier alpha value is -2.41. The Labute approximate surface area is 159 Å². The van der Waals surface area contributed by atoms with E-state index in [1.54, 1.807) is 30.3 Å². The number of benzene rings is 1. The summed E-state index contributed by atoms with van der Waals surface area (Å²) in [6.45, 7) is 5.45. The van der Waals surface area contributed by atoms with Crippen LogP contribution in [0, 0.1) is 5.82 Å². The van der Waals surface area contributed by atoms with Crippen molar-refractivity contribution in [1.82, 2.24) is 25.3 Å². The summed E-state index contributed by atoms with van der Waals surface area (Å²) in [6.07, 6.45) is 5.49. The van der Waals surface area contributed by atoms with Gasteiger partial charge in [0.15, 0.2) is 0 Å². The quantitative estimate of drug-likeness (QED) is 0.817. The van der Waals surface area contributed by atoms with Crippen LogP contribution < -0.4 is 5.32 Å². The summed E-state index contributed by atoms with van der Waals surface area (Å²) >= 11 is 0. The average molecular weight is 373 g/mol. The smallest absolute Gasteiger partial charge is 0.317 e. The van der Waals surface area contributed by atoms with Gasteiger partial charge in [-0.15, -0.1) is 0 Å². The second kappa shape index (κ2) is 8.99. The minimum atomic E-state index is -0.279. The molecule has 1 fully saturated rings. The molecule has 0 saturated carbocycles. The Kier molecular flexibility index (Phi) is 6.45. The molecule has 146 valence electrons. The van der Waals surface area contributed by atoms with Crippen LogP contribution in [0.15, 0.2) is 30.5 Å². The lowest BCUT2D eigenvalue weighted by Crippen LogP contribution is -2.47. The van der Waals surface area contributed by atoms with Crippen LogP contribution in [0.2, 0.25) is 0 Å². The highest BCUT2D eigenvalue weighted by molar-refractivity contribution is 5.74. The maximum atomic E-state index is 13.1. The van der Waals surface area contributed by atoms with E-state index in [-0.39, 0.29) is 11.8 Å². The third kappa shape index (κ3) is 5.07. The number of aromatic nitrogens is 2. The number of halogens is 1. The third-order valence-electron chi connectivity index (χ3n) is 5.17. The topological polar surface area (TPSA) is 64.3 Å². The van der Waals surface area contributed by atoms with Gasteiger partial charge in [-0.1, -0.05) is 6.42 Å². The van der Waals surface area contributed by atoms with Crippen LogP contribution in [0.1, 0.15) is 31.7 Å². The Morgan fingerprint density at radius 3 is 2.70 bits per heavy atom. The highest BCUT2D eigenvalue weighted by atomic mass is 19.1. The summed E-state index contributed by atoms with van der Waals surface area (Å²) in [7, 11) is 1.77. The van der Waals surface area contributed by atoms with Gasteiger partial charge >= 0.3 is 6.03 Å². The molecule has 27 heavy (non-hydrogen) atoms. The number of piperidine rings is 1. The van der Waals surface area contributed by atoms with Crippen molar-refractivity contribution in [2.75, 3.05) is 26.7 Å². The van der Waals surface area contributed by atoms with Gasteiger partial charge in [-0.25, -0.2) is 9.18 Å². The number of carbonyl (C=O) groups excluding carboxylic acids is 1. The lowest BCUT2D eigenvalue weighted by atomic mass is 10.1. The summed E-state index contributed by atoms with van der Waals surface area (Å²) in [5.74, 6) is -0.279. The van der Waals surface area contributed by atoms with Crippen molar-refractivity contribution in [1.29, 1.82) is 0 Å². The van der Waals surface area contributed by atoms with Crippen LogP contribution in [0.5, 0.6) is 0 Å². The van der Waals surface area contributed by atoms with Crippen LogP contribution >= 0.6 is 0 Å². The third-order valence-corrected chi connectivity index (χ3v) is 5.17. The van der Waals surface area contributed by atoms with Crippen molar-refractivity contribution in [3.8, 4) is 11.3 Å². The fourth-order valence-corrected chi connectivity index (χ4v) is 3.48. The van der Waals surface area contributed by atoms with Crippen LogP contribution in [0.3, 0.4) is 0 Å². The maximum Gasteiger partial charge on any atom is 0.317 e. The minimum absolute atomic E-state index is 0.106. The van der Waals surface area contributed by atoms with Gasteiger partial charge in [0.05, 0.1) is 18.4 Å². The fourth-order valence-electron chi connectivity index (χ4n) is 3.48. The molecule has 0 spiro atoms. The molecule has 1 atom stereocenters. The van der Waals surface area contributed by atoms with Gasteiger partial charge in [0.2, 0.25) is 0 Å². The second-order valence-electron chi connectivity index (χ2n) is 7.26. The molecule has 1 saturated heterocycles. The van der Waals surface area contributed by atoms with Crippen molar-refractivity contribution in [3.05, 3.63) is 41.8 Å². The molecular weight excluding hydrogens is 345 g/mol. The average Bonchev–Trinajstić information content (AvgIpc) is 3.15. The number of carbonyl (C=O) groups is 1. The van der Waals surface area contributed by atoms with Crippen LogP contribution in [-0.4, -0.2) is 58.8 Å². The van der Waals surface area contributed by atoms with Gasteiger partial charge in [-0.2, -0.15) is 5.10 Å². The molecule has 0 aliphatic carbocycles. The predicted octanol–water partition coefficient (Wildman–Crippen LogP) is 3.23. The van der Waals surface area contributed by atoms with Crippen molar-refractivity contribution < 1.29 is 9.18 Å². The Balaban J connectivity index is 1.54. The molecular formula is C20H28FN5O. The lowest BCUT2D eigenvalue weighted by Gasteiger charge is -2.32. The first-order chi connectivity index (χ1) is 13.0. The zero-order valence-corrected chi connectivity index (χ0v) is 16.0. The molecule has 7 heteroatoms. The van der Waals surface area contributed by atoms with Gasteiger partial charge in [0.25, 0.3) is 0 Å². The van der Waals surface area contributed by atoms with Gasteiger partial charge < -0.3 is 10.2 Å². The number of rotatable bonds is 6. The highest BCUT2D eigenvalue weighted by Crippen LogP contribution is 2.22. The molecule has 2 amide bonds. The van der Waals surface area contributed by atoms with E-state index in [1.807, 2.05) is 0 Å². The van der Waals surface area contributed by atoms with Gasteiger partial charge in [-0.3, -0.25) is 10.00 Å². The number of H-pyrrole nitrogens is 1. The van der Waals surface area contributed by atoms with Crippen molar-refractivity contribution in [2.24, 2.45) is 0 Å². The minimum Gasteiger partial charge on any atom is -0.336 e. The van der Waals surface area contributed by atoms with E-state index in [2.05, 4.69) is 27.3 Å². The number of aromatic amines is 1. The number of hydrogen-bond acceptors (Lipinski definition) is 3. The summed E-state index contributed by atoms with van der Waals surface area (Å²) in [4.78, 5) is 16.5. The highest BCUT2D eigenvalue weighted by Gasteiger charge is 2.19. The van der Waals surface area contributed by atoms with Crippen LogP contribution in [0.4, 0.5) is 9.18 Å². The van der Waals surface area contributed by atoms with Crippen LogP contribution in [-0.2, 0) is 6.54 Å². The second-order valence-corrected chi connectivity index (χ2v) is 7.26. The molecule has 1 aliphatic rings. The molecule has 2 heterocycles. The van der Waals surface area contributed by atoms with E-state index in [0.29, 0.717) is 19.1 Å². The van der Waals surface area contributed by atoms with E-state index < -0.39 is 0 Å². The Bertz CT molecular complexity index is 739. The monoisotopic (exact) mass is 373 g/mol. The standard InChI is InChI=1S/C20H28FN5O/c1-15(26-10-4-3-5-11-26)12-22-20(27)25(2)14-17-13-23-24-19(17)16-6-8-18(21)9-7-16/h6-9,13,15H,3-5,10-12,14H2,1-2H3,(H,22,27)(H,23,24)/t15-/m0/s1. The van der Waals surface area contributed by atoms with Crippen molar-refractivity contribution >= 4 is 6.03 Å². The largest absolute Gasteiger partial charge is 0.336 e. The number of urea groups is 1. The van der Waals surface area contributed by atoms with E-state index in [1.165, 1.54) is 31.4 Å². The maximum absolute atomic E-state index is 13.1. The van der Waals surface area contributed by atoms with Crippen molar-refractivity contribution in [3.63, 3.8) is 0 Å². The van der Waals surface area contributed by atoms with Gasteiger partial charge in [0.1, 0.15) is 5.82 Å². The molecule has 3 rings (SSSR count). The number of hydrogen-bond donors (Lipinski definition) is 2. The summed E-state index contributed by atoms with van der Waals surface area (Å²) < 4.78 is 13.1. The zero-order chi connectivity index (χ0) is 19.2. The van der Waals surface area contributed by atoms with E-state index in [9.17, 15) is 9.18 Å². The lowest BCUT2D eigenvalue weighted by molar-refractivity contribution is 0.165. The number of nitrogens with zero attached hydrogens (tertiary/aromatic N) is 3. The SMILES string of the molecule is C[C@@H](CNC(=O)N(C)Cc1cn[nH]c1-c1ccc(F)cc1)N1CCCCC1. The number of amides is 2. The first-order valence-corrected chi connectivity index (χ1v) is 9.56. The Morgan fingerprint density at radius 2 is 2.00 bits per heavy atom. The normalized spacial score (nSPS) is 16.1. The first-order valence-electron chi connectivity index (χ1n) is 9.56. The summed E-state index contributed by atoms with van der Waals surface area (Å²) in [5.41, 5.74) is 2.54. The number of likely N-dealkylation sites (tertiary alicyclic amines) is 1. The molecule has 0 unspecified atom stereocenters. The van der Waals surface area contributed by atoms with E-state index in [0.717, 1.165) is 29.9 Å². The summed E-state index contributed by atoms with van der Waals surface area (Å²) in [5, 5.41) is 10.1. The zero-order valence-electron chi connectivity index (χ0n) is 16.0. The van der Waals surface area contributed by atoms with Crippen molar-refractivity contribution in [2.45, 2.75) is 38.8 Å². The van der Waals surface area contributed by atoms with Gasteiger partial charge in [0, 0.05) is 30.8 Å². The summed E-state index contributed by atoms with van der Waals surface area (Å²) in [6, 6.07) is 6.47. The molecule has 1 aromatic carbocycles. The first kappa shape index (κ1) is 19.4. The fraction of sp³-hybridized carbons (Fsp3) is 0.500. The molecule has 0 radical (unpaired) electrons. The molecule has 2 aromatic rings.